The third-order valence-corrected chi connectivity index (χ3v) is 4.37. The van der Waals surface area contributed by atoms with E-state index in [4.69, 9.17) is 0 Å². The normalized spacial score (nSPS) is 10.6. The van der Waals surface area contributed by atoms with Crippen LogP contribution in [0, 0.1) is 0 Å². The third-order valence-electron chi connectivity index (χ3n) is 2.49. The summed E-state index contributed by atoms with van der Waals surface area (Å²) in [6.45, 7) is 2.07. The second kappa shape index (κ2) is 5.80. The Bertz CT molecular complexity index is 623. The number of aromatic amines is 1. The summed E-state index contributed by atoms with van der Waals surface area (Å²) in [6.07, 6.45) is 1.79. The molecule has 1 aromatic carbocycles. The van der Waals surface area contributed by atoms with Crippen LogP contribution in [-0.4, -0.2) is 9.97 Å². The van der Waals surface area contributed by atoms with E-state index in [9.17, 15) is 4.79 Å². The number of H-pyrrole nitrogens is 1. The minimum Gasteiger partial charge on any atom is -0.307 e. The summed E-state index contributed by atoms with van der Waals surface area (Å²) in [4.78, 5) is 18.8. The predicted molar refractivity (Wildman–Crippen MR) is 79.7 cm³/mol. The average Bonchev–Trinajstić information content (AvgIpc) is 2.32. The van der Waals surface area contributed by atoms with Gasteiger partial charge < -0.3 is 4.98 Å². The van der Waals surface area contributed by atoms with E-state index < -0.39 is 0 Å². The van der Waals surface area contributed by atoms with Gasteiger partial charge in [0.25, 0.3) is 5.56 Å². The fourth-order valence-corrected chi connectivity index (χ4v) is 2.30. The van der Waals surface area contributed by atoms with Gasteiger partial charge in [0.05, 0.1) is 0 Å². The van der Waals surface area contributed by atoms with Crippen LogP contribution in [0.25, 0.3) is 11.4 Å². The Labute approximate surface area is 122 Å². The molecule has 3 nitrogen and oxygen atoms in total. The number of hydrogen-bond donors (Lipinski definition) is 1. The van der Waals surface area contributed by atoms with E-state index in [2.05, 4.69) is 48.8 Å². The van der Waals surface area contributed by atoms with Crippen LogP contribution in [0.3, 0.4) is 0 Å². The highest BCUT2D eigenvalue weighted by Gasteiger charge is 2.06. The zero-order valence-corrected chi connectivity index (χ0v) is 13.0. The van der Waals surface area contributed by atoms with Crippen LogP contribution in [0.2, 0.25) is 0 Å². The van der Waals surface area contributed by atoms with Gasteiger partial charge in [0.15, 0.2) is 0 Å². The lowest BCUT2D eigenvalue weighted by Gasteiger charge is -2.05. The molecule has 0 saturated heterocycles. The maximum Gasteiger partial charge on any atom is 0.251 e. The molecule has 0 spiro atoms. The Morgan fingerprint density at radius 3 is 2.67 bits per heavy atom. The van der Waals surface area contributed by atoms with Crippen molar-refractivity contribution >= 4 is 31.9 Å². The quantitative estimate of drug-likeness (QED) is 0.888. The van der Waals surface area contributed by atoms with E-state index in [0.29, 0.717) is 5.82 Å². The summed E-state index contributed by atoms with van der Waals surface area (Å²) in [5.41, 5.74) is 1.61. The van der Waals surface area contributed by atoms with Crippen molar-refractivity contribution in [2.45, 2.75) is 19.8 Å². The van der Waals surface area contributed by atoms with E-state index in [-0.39, 0.29) is 5.56 Å². The van der Waals surface area contributed by atoms with Gasteiger partial charge >= 0.3 is 0 Å². The molecule has 0 bridgehead atoms. The molecule has 0 aliphatic rings. The molecule has 1 aromatic heterocycles. The monoisotopic (exact) mass is 370 g/mol. The van der Waals surface area contributed by atoms with E-state index in [1.807, 2.05) is 18.2 Å². The topological polar surface area (TPSA) is 45.8 Å². The van der Waals surface area contributed by atoms with Crippen molar-refractivity contribution in [3.63, 3.8) is 0 Å². The van der Waals surface area contributed by atoms with Crippen molar-refractivity contribution < 1.29 is 0 Å². The zero-order valence-electron chi connectivity index (χ0n) is 9.84. The standard InChI is InChI=1S/C13H12Br2N2O/c1-2-3-9-7-12(18)17-13(16-9)8-4-5-10(14)11(15)6-8/h4-7H,2-3H2,1H3,(H,16,17,18). The number of benzene rings is 1. The van der Waals surface area contributed by atoms with E-state index in [1.165, 1.54) is 0 Å². The lowest BCUT2D eigenvalue weighted by atomic mass is 10.2. The summed E-state index contributed by atoms with van der Waals surface area (Å²) < 4.78 is 1.90. The number of nitrogens with zero attached hydrogens (tertiary/aromatic N) is 1. The maximum atomic E-state index is 11.6. The molecule has 2 aromatic rings. The molecular weight excluding hydrogens is 360 g/mol. The molecule has 94 valence electrons. The fourth-order valence-electron chi connectivity index (χ4n) is 1.67. The molecule has 0 aliphatic carbocycles. The second-order valence-corrected chi connectivity index (χ2v) is 5.67. The summed E-state index contributed by atoms with van der Waals surface area (Å²) in [5.74, 6) is 0.610. The summed E-state index contributed by atoms with van der Waals surface area (Å²) >= 11 is 6.86. The van der Waals surface area contributed by atoms with Crippen molar-refractivity contribution in [2.75, 3.05) is 0 Å². The van der Waals surface area contributed by atoms with Gasteiger partial charge in [-0.05, 0) is 50.4 Å². The maximum absolute atomic E-state index is 11.6. The van der Waals surface area contributed by atoms with Gasteiger partial charge in [0, 0.05) is 26.3 Å². The number of hydrogen-bond acceptors (Lipinski definition) is 2. The Kier molecular flexibility index (Phi) is 4.35. The average molecular weight is 372 g/mol. The van der Waals surface area contributed by atoms with E-state index >= 15 is 0 Å². The minimum atomic E-state index is -0.109. The van der Waals surface area contributed by atoms with E-state index in [1.54, 1.807) is 6.07 Å². The summed E-state index contributed by atoms with van der Waals surface area (Å²) in [6, 6.07) is 7.33. The molecule has 5 heteroatoms. The smallest absolute Gasteiger partial charge is 0.251 e. The Hall–Kier alpha value is -0.940. The summed E-state index contributed by atoms with van der Waals surface area (Å²) in [5, 5.41) is 0. The van der Waals surface area contributed by atoms with Crippen LogP contribution in [-0.2, 0) is 6.42 Å². The van der Waals surface area contributed by atoms with Crippen molar-refractivity contribution in [3.05, 3.63) is 49.3 Å². The summed E-state index contributed by atoms with van der Waals surface area (Å²) in [7, 11) is 0. The van der Waals surface area contributed by atoms with Crippen molar-refractivity contribution in [1.29, 1.82) is 0 Å². The molecule has 0 amide bonds. The first kappa shape index (κ1) is 13.5. The number of halogens is 2. The number of nitrogens with one attached hydrogen (secondary N) is 1. The van der Waals surface area contributed by atoms with Crippen LogP contribution >= 0.6 is 31.9 Å². The van der Waals surface area contributed by atoms with Crippen molar-refractivity contribution in [3.8, 4) is 11.4 Å². The van der Waals surface area contributed by atoms with Gasteiger partial charge in [0.1, 0.15) is 5.82 Å². The van der Waals surface area contributed by atoms with Gasteiger partial charge in [-0.3, -0.25) is 4.79 Å². The molecule has 0 saturated carbocycles. The first-order valence-electron chi connectivity index (χ1n) is 5.66. The highest BCUT2D eigenvalue weighted by Crippen LogP contribution is 2.27. The minimum absolute atomic E-state index is 0.109. The lowest BCUT2D eigenvalue weighted by Crippen LogP contribution is -2.10. The third kappa shape index (κ3) is 3.09. The molecule has 0 radical (unpaired) electrons. The Balaban J connectivity index is 2.49. The van der Waals surface area contributed by atoms with Gasteiger partial charge in [-0.1, -0.05) is 19.4 Å². The largest absolute Gasteiger partial charge is 0.307 e. The van der Waals surface area contributed by atoms with Crippen LogP contribution < -0.4 is 5.56 Å². The highest BCUT2D eigenvalue weighted by molar-refractivity contribution is 9.13. The number of aryl methyl sites for hydroxylation is 1. The van der Waals surface area contributed by atoms with Crippen LogP contribution in [0.5, 0.6) is 0 Å². The highest BCUT2D eigenvalue weighted by atomic mass is 79.9. The molecule has 2 rings (SSSR count). The van der Waals surface area contributed by atoms with Crippen molar-refractivity contribution in [1.82, 2.24) is 9.97 Å². The molecule has 0 atom stereocenters. The fraction of sp³-hybridized carbons (Fsp3) is 0.231. The molecule has 0 fully saturated rings. The molecular formula is C13H12Br2N2O. The molecule has 1 N–H and O–H groups in total. The lowest BCUT2D eigenvalue weighted by molar-refractivity contribution is 0.870. The zero-order chi connectivity index (χ0) is 13.1. The van der Waals surface area contributed by atoms with Crippen molar-refractivity contribution in [2.24, 2.45) is 0 Å². The number of rotatable bonds is 3. The van der Waals surface area contributed by atoms with Gasteiger partial charge in [-0.2, -0.15) is 0 Å². The second-order valence-electron chi connectivity index (χ2n) is 3.96. The number of aromatic nitrogens is 2. The van der Waals surface area contributed by atoms with Crippen LogP contribution in [0.4, 0.5) is 0 Å². The molecule has 18 heavy (non-hydrogen) atoms. The van der Waals surface area contributed by atoms with Gasteiger partial charge in [0.2, 0.25) is 0 Å². The predicted octanol–water partition coefficient (Wildman–Crippen LogP) is 3.91. The van der Waals surface area contributed by atoms with Crippen LogP contribution in [0.1, 0.15) is 19.0 Å². The Morgan fingerprint density at radius 1 is 1.22 bits per heavy atom. The first-order chi connectivity index (χ1) is 8.60. The van der Waals surface area contributed by atoms with Gasteiger partial charge in [-0.15, -0.1) is 0 Å². The molecule has 1 heterocycles. The SMILES string of the molecule is CCCc1cc(=O)[nH]c(-c2ccc(Br)c(Br)c2)n1. The Morgan fingerprint density at radius 2 is 2.00 bits per heavy atom. The first-order valence-corrected chi connectivity index (χ1v) is 7.24. The van der Waals surface area contributed by atoms with Crippen LogP contribution in [0.15, 0.2) is 38.0 Å². The molecule has 0 aliphatic heterocycles. The van der Waals surface area contributed by atoms with Gasteiger partial charge in [-0.25, -0.2) is 4.98 Å². The van der Waals surface area contributed by atoms with E-state index in [0.717, 1.165) is 33.0 Å². The molecule has 0 unspecified atom stereocenters.